The largest absolute Gasteiger partial charge is 0.489 e. The van der Waals surface area contributed by atoms with Gasteiger partial charge in [0.1, 0.15) is 47.6 Å². The second-order valence-corrected chi connectivity index (χ2v) is 15.3. The van der Waals surface area contributed by atoms with Crippen LogP contribution in [-0.2, 0) is 18.4 Å². The molecule has 18 heteroatoms. The van der Waals surface area contributed by atoms with E-state index >= 15 is 8.78 Å². The number of aryl methyl sites for hydroxylation is 1. The molecule has 0 spiro atoms. The van der Waals surface area contributed by atoms with Crippen molar-refractivity contribution >= 4 is 66.5 Å². The highest BCUT2D eigenvalue weighted by Gasteiger charge is 2.49. The summed E-state index contributed by atoms with van der Waals surface area (Å²) in [5.41, 5.74) is 6.12. The van der Waals surface area contributed by atoms with Crippen molar-refractivity contribution < 1.29 is 27.4 Å². The van der Waals surface area contributed by atoms with Crippen molar-refractivity contribution in [2.24, 2.45) is 7.05 Å². The summed E-state index contributed by atoms with van der Waals surface area (Å²) in [7, 11) is 1.75. The maximum atomic E-state index is 17.3. The third-order valence-electron chi connectivity index (χ3n) is 10.6. The van der Waals surface area contributed by atoms with Crippen LogP contribution in [0.25, 0.3) is 32.1 Å². The number of anilines is 3. The molecular weight excluding hydrogens is 733 g/mol. The Morgan fingerprint density at radius 2 is 2.13 bits per heavy atom. The van der Waals surface area contributed by atoms with Gasteiger partial charge in [-0.15, -0.1) is 11.3 Å². The number of nitrogens with one attached hydrogen (secondary N) is 2. The second-order valence-electron chi connectivity index (χ2n) is 13.9. The van der Waals surface area contributed by atoms with Crippen molar-refractivity contribution in [2.75, 3.05) is 55.3 Å². The molecule has 0 radical (unpaired) electrons. The van der Waals surface area contributed by atoms with Gasteiger partial charge in [-0.1, -0.05) is 17.7 Å². The van der Waals surface area contributed by atoms with Crippen LogP contribution >= 0.6 is 22.9 Å². The molecule has 1 amide bonds. The van der Waals surface area contributed by atoms with Crippen molar-refractivity contribution in [3.63, 3.8) is 0 Å². The number of thiophene rings is 1. The number of aromatic nitrogens is 4. The van der Waals surface area contributed by atoms with Crippen LogP contribution in [-0.4, -0.2) is 87.7 Å². The van der Waals surface area contributed by atoms with Gasteiger partial charge in [0.25, 0.3) is 0 Å². The molecule has 274 valence electrons. The Kier molecular flexibility index (Phi) is 8.07. The van der Waals surface area contributed by atoms with Crippen LogP contribution in [0.2, 0.25) is 5.02 Å². The molecule has 0 saturated carbocycles. The van der Waals surface area contributed by atoms with Crippen molar-refractivity contribution in [2.45, 2.75) is 43.6 Å². The van der Waals surface area contributed by atoms with Crippen molar-refractivity contribution in [1.29, 1.82) is 5.26 Å². The molecule has 0 bridgehead atoms. The Morgan fingerprint density at radius 3 is 2.92 bits per heavy atom. The fraction of sp³-hybridized carbons (Fsp3) is 0.400. The minimum atomic E-state index is -0.982. The van der Waals surface area contributed by atoms with Gasteiger partial charge < -0.3 is 30.7 Å². The molecule has 4 N–H and O–H groups in total. The summed E-state index contributed by atoms with van der Waals surface area (Å²) in [4.78, 5) is 25.8. The fourth-order valence-corrected chi connectivity index (χ4v) is 9.23. The Balaban J connectivity index is 1.19. The van der Waals surface area contributed by atoms with E-state index in [-0.39, 0.29) is 104 Å². The zero-order valence-corrected chi connectivity index (χ0v) is 29.9. The topological polar surface area (TPSA) is 169 Å². The molecule has 4 aliphatic rings. The first-order valence-electron chi connectivity index (χ1n) is 17.2. The molecule has 3 fully saturated rings. The summed E-state index contributed by atoms with van der Waals surface area (Å²) < 4.78 is 61.2. The predicted molar refractivity (Wildman–Crippen MR) is 193 cm³/mol. The van der Waals surface area contributed by atoms with Gasteiger partial charge in [0, 0.05) is 43.6 Å². The highest BCUT2D eigenvalue weighted by molar-refractivity contribution is 7.23. The molecule has 3 saturated heterocycles. The average Bonchev–Trinajstić information content (AvgIpc) is 3.65. The van der Waals surface area contributed by atoms with Crippen molar-refractivity contribution in [1.82, 2.24) is 30.0 Å². The van der Waals surface area contributed by atoms with Gasteiger partial charge in [-0.2, -0.15) is 20.3 Å². The van der Waals surface area contributed by atoms with E-state index in [4.69, 9.17) is 31.8 Å². The quantitative estimate of drug-likeness (QED) is 0.184. The first kappa shape index (κ1) is 33.9. The molecule has 2 aromatic carbocycles. The molecule has 3 atom stereocenters. The number of nitrogen functional groups attached to an aromatic ring is 1. The molecule has 3 aromatic heterocycles. The first-order valence-corrected chi connectivity index (χ1v) is 18.3. The number of halogens is 4. The number of fused-ring (bicyclic) bond motifs is 2. The van der Waals surface area contributed by atoms with E-state index in [1.54, 1.807) is 17.8 Å². The third kappa shape index (κ3) is 5.58. The van der Waals surface area contributed by atoms with Gasteiger partial charge >= 0.3 is 6.01 Å². The Bertz CT molecular complexity index is 2400. The lowest BCUT2D eigenvalue weighted by molar-refractivity contribution is -0.115. The summed E-state index contributed by atoms with van der Waals surface area (Å²) >= 11 is 7.94. The summed E-state index contributed by atoms with van der Waals surface area (Å²) in [6, 6.07) is 5.93. The molecule has 7 heterocycles. The highest BCUT2D eigenvalue weighted by atomic mass is 35.5. The standard InChI is InChI=1S/C35H32ClF3N10O3S/c1-47-17(9-22(46-47)43-33(50)21-12-42-21)14-48-7-8-51-29-25-28(44-34(45-32(25)48)52-15-35-5-2-6-49(35)13-16(37)10-35)27(39)24(26(29)36)18-3-4-20(38)30-23(18)19(11-40)31(41)53-30/h3-4,9,16,21,42H,2,5-8,10,12-15,41H2,1H3,(H,43,46,50)/t16-,21?,35+/m1/s1. The molecule has 53 heavy (non-hydrogen) atoms. The summed E-state index contributed by atoms with van der Waals surface area (Å²) in [5, 5.41) is 20.5. The number of nitriles is 1. The zero-order valence-electron chi connectivity index (χ0n) is 28.3. The van der Waals surface area contributed by atoms with E-state index in [0.29, 0.717) is 31.0 Å². The number of hydrogen-bond acceptors (Lipinski definition) is 12. The number of alkyl halides is 1. The summed E-state index contributed by atoms with van der Waals surface area (Å²) in [6.07, 6.45) is 0.977. The average molecular weight is 765 g/mol. The Labute approximate surface area is 309 Å². The number of amides is 1. The van der Waals surface area contributed by atoms with Gasteiger partial charge in [-0.05, 0) is 31.0 Å². The van der Waals surface area contributed by atoms with Gasteiger partial charge in [0.05, 0.1) is 51.0 Å². The van der Waals surface area contributed by atoms with Gasteiger partial charge in [-0.3, -0.25) is 14.4 Å². The van der Waals surface area contributed by atoms with E-state index in [9.17, 15) is 14.4 Å². The number of benzene rings is 2. The maximum Gasteiger partial charge on any atom is 0.319 e. The number of rotatable bonds is 8. The molecule has 0 aliphatic carbocycles. The van der Waals surface area contributed by atoms with E-state index in [0.717, 1.165) is 30.7 Å². The van der Waals surface area contributed by atoms with E-state index in [2.05, 4.69) is 25.6 Å². The zero-order chi connectivity index (χ0) is 36.8. The Morgan fingerprint density at radius 1 is 1.30 bits per heavy atom. The van der Waals surface area contributed by atoms with Crippen LogP contribution in [0.1, 0.15) is 30.5 Å². The molecule has 4 aliphatic heterocycles. The lowest BCUT2D eigenvalue weighted by Gasteiger charge is -2.31. The van der Waals surface area contributed by atoms with Crippen LogP contribution in [0.15, 0.2) is 18.2 Å². The number of nitrogens with zero attached hydrogens (tertiary/aromatic N) is 7. The monoisotopic (exact) mass is 764 g/mol. The molecular formula is C35H32ClF3N10O3S. The SMILES string of the molecule is Cn1nc(NC(=O)C2CN2)cc1CN1CCOc2c(Cl)c(-c3ccc(F)c4sc(N)c(C#N)c34)c(F)c3nc(OC[C@@]45CCCN4C[C@H](F)C5)nc1c23. The molecule has 1 unspecified atom stereocenters. The lowest BCUT2D eigenvalue weighted by Crippen LogP contribution is -2.43. The Hall–Kier alpha value is -4.89. The normalized spacial score (nSPS) is 22.2. The third-order valence-corrected chi connectivity index (χ3v) is 12.0. The van der Waals surface area contributed by atoms with E-state index in [1.165, 1.54) is 12.1 Å². The van der Waals surface area contributed by atoms with Crippen LogP contribution in [0.5, 0.6) is 11.8 Å². The predicted octanol–water partition coefficient (Wildman–Crippen LogP) is 4.89. The van der Waals surface area contributed by atoms with Crippen LogP contribution < -0.4 is 30.7 Å². The van der Waals surface area contributed by atoms with Crippen molar-refractivity contribution in [3.8, 4) is 29.0 Å². The van der Waals surface area contributed by atoms with Crippen LogP contribution in [0.3, 0.4) is 0 Å². The van der Waals surface area contributed by atoms with Crippen LogP contribution in [0, 0.1) is 23.0 Å². The number of ether oxygens (including phenoxy) is 2. The molecule has 5 aromatic rings. The minimum absolute atomic E-state index is 0.00339. The lowest BCUT2D eigenvalue weighted by atomic mass is 9.95. The van der Waals surface area contributed by atoms with Gasteiger partial charge in [0.15, 0.2) is 17.4 Å². The first-order chi connectivity index (χ1) is 25.5. The summed E-state index contributed by atoms with van der Waals surface area (Å²) in [6.45, 7) is 2.38. The van der Waals surface area contributed by atoms with Gasteiger partial charge in [-0.25, -0.2) is 13.2 Å². The number of hydrogen-bond donors (Lipinski definition) is 3. The number of carbonyl (C=O) groups excluding carboxylic acids is 1. The van der Waals surface area contributed by atoms with Crippen LogP contribution in [0.4, 0.5) is 29.8 Å². The van der Waals surface area contributed by atoms with Crippen molar-refractivity contribution in [3.05, 3.63) is 46.1 Å². The molecule has 13 nitrogen and oxygen atoms in total. The maximum absolute atomic E-state index is 17.3. The number of carbonyl (C=O) groups is 1. The highest BCUT2D eigenvalue weighted by Crippen LogP contribution is 2.51. The van der Waals surface area contributed by atoms with Gasteiger partial charge in [0.2, 0.25) is 5.91 Å². The summed E-state index contributed by atoms with van der Waals surface area (Å²) in [5.74, 6) is -0.904. The second kappa shape index (κ2) is 12.6. The van der Waals surface area contributed by atoms with E-state index in [1.807, 2.05) is 11.0 Å². The minimum Gasteiger partial charge on any atom is -0.489 e. The van der Waals surface area contributed by atoms with E-state index < -0.39 is 23.3 Å². The molecule has 9 rings (SSSR count). The fourth-order valence-electron chi connectivity index (χ4n) is 7.94. The number of nitrogens with two attached hydrogens (primary N) is 1. The smallest absolute Gasteiger partial charge is 0.319 e.